The number of allylic oxidation sites excluding steroid dienone is 2. The Balaban J connectivity index is 1.35. The predicted octanol–water partition coefficient (Wildman–Crippen LogP) is 6.56. The second-order valence-corrected chi connectivity index (χ2v) is 10.0. The van der Waals surface area contributed by atoms with Gasteiger partial charge in [0.1, 0.15) is 30.1 Å². The first-order valence-electron chi connectivity index (χ1n) is 12.1. The van der Waals surface area contributed by atoms with Gasteiger partial charge in [-0.15, -0.1) is 11.3 Å². The number of hydrogen-bond donors (Lipinski definition) is 0. The van der Waals surface area contributed by atoms with E-state index in [0.29, 0.717) is 6.61 Å². The lowest BCUT2D eigenvalue weighted by atomic mass is 9.90. The Labute approximate surface area is 204 Å². The van der Waals surface area contributed by atoms with Crippen molar-refractivity contribution in [2.24, 2.45) is 5.92 Å². The van der Waals surface area contributed by atoms with E-state index >= 15 is 0 Å². The van der Waals surface area contributed by atoms with Crippen molar-refractivity contribution in [3.05, 3.63) is 53.4 Å². The zero-order chi connectivity index (χ0) is 23.3. The van der Waals surface area contributed by atoms with Gasteiger partial charge in [0, 0.05) is 22.5 Å². The molecule has 0 saturated carbocycles. The summed E-state index contributed by atoms with van der Waals surface area (Å²) in [4.78, 5) is 14.8. The molecule has 1 aliphatic carbocycles. The number of likely N-dealkylation sites (tertiary alicyclic amines) is 1. The summed E-state index contributed by atoms with van der Waals surface area (Å²) in [6, 6.07) is 14.0. The molecule has 2 heterocycles. The summed E-state index contributed by atoms with van der Waals surface area (Å²) in [6.45, 7) is 4.06. The van der Waals surface area contributed by atoms with Crippen molar-refractivity contribution < 1.29 is 19.0 Å². The molecule has 1 unspecified atom stereocenters. The van der Waals surface area contributed by atoms with Gasteiger partial charge in [0.05, 0.1) is 12.0 Å². The molecule has 1 atom stereocenters. The molecule has 1 fully saturated rings. The number of benzene rings is 2. The lowest BCUT2D eigenvalue weighted by molar-refractivity contribution is -0.111. The summed E-state index contributed by atoms with van der Waals surface area (Å²) >= 11 is 1.72. The van der Waals surface area contributed by atoms with Crippen molar-refractivity contribution in [2.45, 2.75) is 32.1 Å². The smallest absolute Gasteiger partial charge is 0.153 e. The zero-order valence-electron chi connectivity index (χ0n) is 19.6. The molecule has 6 heteroatoms. The van der Waals surface area contributed by atoms with Gasteiger partial charge in [0.25, 0.3) is 0 Å². The van der Waals surface area contributed by atoms with Crippen LogP contribution in [0.25, 0.3) is 15.7 Å². The van der Waals surface area contributed by atoms with E-state index < -0.39 is 0 Å². The van der Waals surface area contributed by atoms with E-state index in [9.17, 15) is 4.79 Å². The molecule has 178 valence electrons. The monoisotopic (exact) mass is 477 g/mol. The Hall–Kier alpha value is -2.83. The summed E-state index contributed by atoms with van der Waals surface area (Å²) in [5.41, 5.74) is 1.26. The minimum absolute atomic E-state index is 0.126. The van der Waals surface area contributed by atoms with Crippen LogP contribution in [-0.4, -0.2) is 44.5 Å². The van der Waals surface area contributed by atoms with Crippen LogP contribution in [-0.2, 0) is 4.79 Å². The number of fused-ring (bicyclic) bond motifs is 1. The number of methoxy groups -OCH3 is 1. The maximum absolute atomic E-state index is 11.2. The highest BCUT2D eigenvalue weighted by Crippen LogP contribution is 2.47. The third-order valence-electron chi connectivity index (χ3n) is 6.71. The molecule has 0 N–H and O–H groups in total. The minimum atomic E-state index is 0.126. The molecular formula is C28H31NO4S. The minimum Gasteiger partial charge on any atom is -0.497 e. The third-order valence-corrected chi connectivity index (χ3v) is 7.92. The molecule has 2 aromatic carbocycles. The lowest BCUT2D eigenvalue weighted by Gasteiger charge is -2.18. The fourth-order valence-electron chi connectivity index (χ4n) is 4.70. The van der Waals surface area contributed by atoms with Crippen LogP contribution in [0.3, 0.4) is 0 Å². The highest BCUT2D eigenvalue weighted by molar-refractivity contribution is 7.20. The molecule has 2 aliphatic rings. The van der Waals surface area contributed by atoms with E-state index in [1.165, 1.54) is 31.5 Å². The number of nitrogens with zero attached hydrogens (tertiary/aromatic N) is 1. The van der Waals surface area contributed by atoms with Crippen molar-refractivity contribution in [1.82, 2.24) is 4.90 Å². The molecule has 5 rings (SSSR count). The Morgan fingerprint density at radius 3 is 2.53 bits per heavy atom. The standard InChI is InChI=1S/C28H31NO4S/c1-31-24-12-13-25-26(18-24)34-28(21-6-4-20(19-30)5-7-21)27(25)33-23-10-8-22(9-11-23)32-17-16-29-14-2-3-15-29/h6,8-13,18-20H,2-5,7,14-17H2,1H3. The summed E-state index contributed by atoms with van der Waals surface area (Å²) in [5.74, 6) is 3.48. The predicted molar refractivity (Wildman–Crippen MR) is 137 cm³/mol. The van der Waals surface area contributed by atoms with E-state index in [1.807, 2.05) is 30.3 Å². The molecule has 0 bridgehead atoms. The van der Waals surface area contributed by atoms with Crippen molar-refractivity contribution in [1.29, 1.82) is 0 Å². The second kappa shape index (κ2) is 10.6. The molecular weight excluding hydrogens is 446 g/mol. The van der Waals surface area contributed by atoms with Gasteiger partial charge in [-0.1, -0.05) is 6.08 Å². The van der Waals surface area contributed by atoms with Crippen LogP contribution >= 0.6 is 11.3 Å². The van der Waals surface area contributed by atoms with Gasteiger partial charge < -0.3 is 19.0 Å². The number of carbonyl (C=O) groups excluding carboxylic acids is 1. The van der Waals surface area contributed by atoms with Crippen LogP contribution in [0.2, 0.25) is 0 Å². The average molecular weight is 478 g/mol. The second-order valence-electron chi connectivity index (χ2n) is 8.99. The Kier molecular flexibility index (Phi) is 7.16. The summed E-state index contributed by atoms with van der Waals surface area (Å²) in [6.07, 6.45) is 8.44. The van der Waals surface area contributed by atoms with Gasteiger partial charge in [-0.3, -0.25) is 4.90 Å². The first-order chi connectivity index (χ1) is 16.7. The molecule has 5 nitrogen and oxygen atoms in total. The van der Waals surface area contributed by atoms with E-state index in [2.05, 4.69) is 23.1 Å². The normalized spacial score (nSPS) is 18.6. The van der Waals surface area contributed by atoms with Crippen LogP contribution in [0, 0.1) is 5.92 Å². The van der Waals surface area contributed by atoms with Crippen LogP contribution in [0.1, 0.15) is 37.0 Å². The quantitative estimate of drug-likeness (QED) is 0.327. The Bertz CT molecular complexity index is 1160. The van der Waals surface area contributed by atoms with Crippen LogP contribution < -0.4 is 14.2 Å². The van der Waals surface area contributed by atoms with Crippen LogP contribution in [0.15, 0.2) is 48.5 Å². The molecule has 3 aromatic rings. The van der Waals surface area contributed by atoms with Crippen molar-refractivity contribution >= 4 is 33.3 Å². The van der Waals surface area contributed by atoms with Gasteiger partial charge in [0.15, 0.2) is 5.75 Å². The molecule has 0 radical (unpaired) electrons. The average Bonchev–Trinajstić information content (AvgIpc) is 3.53. The van der Waals surface area contributed by atoms with Gasteiger partial charge >= 0.3 is 0 Å². The van der Waals surface area contributed by atoms with Gasteiger partial charge in [-0.2, -0.15) is 0 Å². The third kappa shape index (κ3) is 5.13. The molecule has 1 aliphatic heterocycles. The number of hydrogen-bond acceptors (Lipinski definition) is 6. The fourth-order valence-corrected chi connectivity index (χ4v) is 5.92. The van der Waals surface area contributed by atoms with E-state index in [0.717, 1.165) is 70.1 Å². The van der Waals surface area contributed by atoms with E-state index in [-0.39, 0.29) is 5.92 Å². The molecule has 0 amide bonds. The molecule has 0 spiro atoms. The molecule has 1 aromatic heterocycles. The number of rotatable bonds is 9. The number of ether oxygens (including phenoxy) is 3. The zero-order valence-corrected chi connectivity index (χ0v) is 20.4. The van der Waals surface area contributed by atoms with Crippen molar-refractivity contribution in [3.8, 4) is 23.0 Å². The van der Waals surface area contributed by atoms with Crippen LogP contribution in [0.5, 0.6) is 23.0 Å². The van der Waals surface area contributed by atoms with E-state index in [1.54, 1.807) is 18.4 Å². The highest BCUT2D eigenvalue weighted by Gasteiger charge is 2.22. The summed E-state index contributed by atoms with van der Waals surface area (Å²) in [7, 11) is 1.69. The Morgan fingerprint density at radius 1 is 1.06 bits per heavy atom. The topological polar surface area (TPSA) is 48.0 Å². The van der Waals surface area contributed by atoms with Gasteiger partial charge in [-0.05, 0) is 93.2 Å². The summed E-state index contributed by atoms with van der Waals surface area (Å²) < 4.78 is 19.0. The first kappa shape index (κ1) is 22.9. The van der Waals surface area contributed by atoms with Gasteiger partial charge in [-0.25, -0.2) is 0 Å². The maximum Gasteiger partial charge on any atom is 0.153 e. The SMILES string of the molecule is COc1ccc2c(Oc3ccc(OCCN4CCCC4)cc3)c(C3=CCC(C=O)CC3)sc2c1. The highest BCUT2D eigenvalue weighted by atomic mass is 32.1. The van der Waals surface area contributed by atoms with E-state index in [4.69, 9.17) is 14.2 Å². The lowest BCUT2D eigenvalue weighted by Crippen LogP contribution is -2.25. The molecule has 34 heavy (non-hydrogen) atoms. The van der Waals surface area contributed by atoms with Crippen molar-refractivity contribution in [3.63, 3.8) is 0 Å². The number of thiophene rings is 1. The largest absolute Gasteiger partial charge is 0.497 e. The molecule has 1 saturated heterocycles. The fraction of sp³-hybridized carbons (Fsp3) is 0.393. The van der Waals surface area contributed by atoms with Gasteiger partial charge in [0.2, 0.25) is 0 Å². The number of carbonyl (C=O) groups is 1. The number of aldehydes is 1. The van der Waals surface area contributed by atoms with Crippen LogP contribution in [0.4, 0.5) is 0 Å². The first-order valence-corrected chi connectivity index (χ1v) is 12.9. The summed E-state index contributed by atoms with van der Waals surface area (Å²) in [5, 5.41) is 1.07. The van der Waals surface area contributed by atoms with Crippen molar-refractivity contribution in [2.75, 3.05) is 33.4 Å². The Morgan fingerprint density at radius 2 is 1.82 bits per heavy atom. The maximum atomic E-state index is 11.2.